The third-order valence-corrected chi connectivity index (χ3v) is 6.10. The van der Waals surface area contributed by atoms with Crippen LogP contribution in [0.2, 0.25) is 0 Å². The molecule has 2 bridgehead atoms. The Morgan fingerprint density at radius 1 is 1.00 bits per heavy atom. The Labute approximate surface area is 132 Å². The molecule has 0 aromatic rings. The van der Waals surface area contributed by atoms with Gasteiger partial charge < -0.3 is 15.7 Å². The van der Waals surface area contributed by atoms with Gasteiger partial charge in [-0.1, -0.05) is 6.42 Å². The molecule has 2 amide bonds. The van der Waals surface area contributed by atoms with Crippen LogP contribution in [0.1, 0.15) is 57.8 Å². The molecule has 0 radical (unpaired) electrons. The summed E-state index contributed by atoms with van der Waals surface area (Å²) in [6, 6.07) is 0.0556. The minimum absolute atomic E-state index is 0.0815. The van der Waals surface area contributed by atoms with E-state index >= 15 is 0 Å². The van der Waals surface area contributed by atoms with Crippen LogP contribution < -0.4 is 10.6 Å². The fourth-order valence-electron chi connectivity index (χ4n) is 4.82. The minimum Gasteiger partial charge on any atom is -0.481 e. The van der Waals surface area contributed by atoms with Gasteiger partial charge in [-0.2, -0.15) is 0 Å². The van der Waals surface area contributed by atoms with E-state index in [0.29, 0.717) is 12.8 Å². The number of fused-ring (bicyclic) bond motifs is 2. The molecule has 0 spiro atoms. The first-order valence-corrected chi connectivity index (χ1v) is 8.89. The number of urea groups is 1. The van der Waals surface area contributed by atoms with Gasteiger partial charge in [-0.25, -0.2) is 4.79 Å². The second-order valence-electron chi connectivity index (χ2n) is 7.51. The van der Waals surface area contributed by atoms with Gasteiger partial charge in [0.25, 0.3) is 0 Å². The fourth-order valence-corrected chi connectivity index (χ4v) is 4.82. The number of aliphatic carboxylic acids is 1. The predicted octanol–water partition coefficient (Wildman–Crippen LogP) is 2.76. The van der Waals surface area contributed by atoms with Gasteiger partial charge in [-0.05, 0) is 69.1 Å². The lowest BCUT2D eigenvalue weighted by molar-refractivity contribution is -0.142. The molecule has 3 unspecified atom stereocenters. The van der Waals surface area contributed by atoms with Gasteiger partial charge >= 0.3 is 12.0 Å². The lowest BCUT2D eigenvalue weighted by atomic mass is 9.86. The number of amides is 2. The minimum atomic E-state index is -0.700. The SMILES string of the molecule is O=C(NCCC1CC2CCC1C2)NC1CCC(C(=O)O)CC1. The molecule has 0 aromatic heterocycles. The number of carbonyl (C=O) groups is 2. The van der Waals surface area contributed by atoms with Gasteiger partial charge in [0.15, 0.2) is 0 Å². The average molecular weight is 308 g/mol. The van der Waals surface area contributed by atoms with Crippen LogP contribution >= 0.6 is 0 Å². The topological polar surface area (TPSA) is 78.4 Å². The smallest absolute Gasteiger partial charge is 0.315 e. The van der Waals surface area contributed by atoms with Crippen LogP contribution in [0, 0.1) is 23.7 Å². The van der Waals surface area contributed by atoms with Gasteiger partial charge in [-0.3, -0.25) is 4.79 Å². The number of nitrogens with one attached hydrogen (secondary N) is 2. The molecule has 0 heterocycles. The number of rotatable bonds is 5. The summed E-state index contributed by atoms with van der Waals surface area (Å²) in [5.41, 5.74) is 0. The summed E-state index contributed by atoms with van der Waals surface area (Å²) < 4.78 is 0. The van der Waals surface area contributed by atoms with Crippen molar-refractivity contribution in [2.75, 3.05) is 6.54 Å². The highest BCUT2D eigenvalue weighted by Crippen LogP contribution is 2.49. The standard InChI is InChI=1S/C17H28N2O3/c20-16(21)12-3-5-15(6-4-12)19-17(22)18-8-7-14-10-11-1-2-13(14)9-11/h11-15H,1-10H2,(H,20,21)(H2,18,19,22). The van der Waals surface area contributed by atoms with Crippen LogP contribution in [0.25, 0.3) is 0 Å². The highest BCUT2D eigenvalue weighted by molar-refractivity contribution is 5.74. The molecule has 3 aliphatic carbocycles. The highest BCUT2D eigenvalue weighted by Gasteiger charge is 2.38. The first-order valence-electron chi connectivity index (χ1n) is 8.89. The lowest BCUT2D eigenvalue weighted by Gasteiger charge is -2.27. The zero-order chi connectivity index (χ0) is 15.5. The van der Waals surface area contributed by atoms with Crippen molar-refractivity contribution in [3.63, 3.8) is 0 Å². The summed E-state index contributed by atoms with van der Waals surface area (Å²) in [5, 5.41) is 15.0. The van der Waals surface area contributed by atoms with Gasteiger partial charge in [0.2, 0.25) is 0 Å². The highest BCUT2D eigenvalue weighted by atomic mass is 16.4. The van der Waals surface area contributed by atoms with E-state index in [1.807, 2.05) is 0 Å². The largest absolute Gasteiger partial charge is 0.481 e. The van der Waals surface area contributed by atoms with E-state index in [9.17, 15) is 9.59 Å². The van der Waals surface area contributed by atoms with E-state index in [1.54, 1.807) is 0 Å². The third kappa shape index (κ3) is 3.73. The van der Waals surface area contributed by atoms with Crippen molar-refractivity contribution in [2.24, 2.45) is 23.7 Å². The predicted molar refractivity (Wildman–Crippen MR) is 83.5 cm³/mol. The van der Waals surface area contributed by atoms with Gasteiger partial charge in [-0.15, -0.1) is 0 Å². The number of carboxylic acid groups (broad SMARTS) is 1. The molecular formula is C17H28N2O3. The van der Waals surface area contributed by atoms with E-state index in [2.05, 4.69) is 10.6 Å². The molecule has 3 aliphatic rings. The second-order valence-corrected chi connectivity index (χ2v) is 7.51. The third-order valence-electron chi connectivity index (χ3n) is 6.10. The summed E-state index contributed by atoms with van der Waals surface area (Å²) in [6.45, 7) is 0.768. The van der Waals surface area contributed by atoms with Crippen LogP contribution in [0.3, 0.4) is 0 Å². The molecule has 3 rings (SSSR count). The van der Waals surface area contributed by atoms with Gasteiger partial charge in [0.1, 0.15) is 0 Å². The monoisotopic (exact) mass is 308 g/mol. The van der Waals surface area contributed by atoms with Crippen molar-refractivity contribution in [3.05, 3.63) is 0 Å². The first-order chi connectivity index (χ1) is 10.6. The van der Waals surface area contributed by atoms with E-state index in [1.165, 1.54) is 25.7 Å². The fraction of sp³-hybridized carbons (Fsp3) is 0.882. The summed E-state index contributed by atoms with van der Waals surface area (Å²) in [6.07, 6.45) is 9.62. The maximum absolute atomic E-state index is 11.9. The Balaban J connectivity index is 1.29. The zero-order valence-corrected chi connectivity index (χ0v) is 13.2. The summed E-state index contributed by atoms with van der Waals surface area (Å²) in [4.78, 5) is 22.8. The van der Waals surface area contributed by atoms with Crippen LogP contribution in [0.15, 0.2) is 0 Å². The molecule has 3 saturated carbocycles. The van der Waals surface area contributed by atoms with Crippen molar-refractivity contribution in [1.82, 2.24) is 10.6 Å². The van der Waals surface area contributed by atoms with Crippen molar-refractivity contribution in [1.29, 1.82) is 0 Å². The number of carbonyl (C=O) groups excluding carboxylic acids is 1. The van der Waals surface area contributed by atoms with Gasteiger partial charge in [0, 0.05) is 12.6 Å². The first kappa shape index (κ1) is 15.6. The molecule has 0 saturated heterocycles. The molecule has 3 N–H and O–H groups in total. The molecule has 0 aromatic carbocycles. The normalized spacial score (nSPS) is 37.0. The summed E-state index contributed by atoms with van der Waals surface area (Å²) in [7, 11) is 0. The Bertz CT molecular complexity index is 418. The van der Waals surface area contributed by atoms with E-state index in [0.717, 1.165) is 43.6 Å². The lowest BCUT2D eigenvalue weighted by Crippen LogP contribution is -2.44. The van der Waals surface area contributed by atoms with Gasteiger partial charge in [0.05, 0.1) is 5.92 Å². The molecule has 3 fully saturated rings. The Morgan fingerprint density at radius 3 is 2.36 bits per heavy atom. The maximum atomic E-state index is 11.9. The average Bonchev–Trinajstić information content (AvgIpc) is 3.10. The van der Waals surface area contributed by atoms with Crippen LogP contribution in [-0.4, -0.2) is 29.7 Å². The van der Waals surface area contributed by atoms with Crippen molar-refractivity contribution in [2.45, 2.75) is 63.8 Å². The van der Waals surface area contributed by atoms with Crippen molar-refractivity contribution >= 4 is 12.0 Å². The number of hydrogen-bond acceptors (Lipinski definition) is 2. The second kappa shape index (κ2) is 6.88. The number of hydrogen-bond donors (Lipinski definition) is 3. The molecular weight excluding hydrogens is 280 g/mol. The molecule has 124 valence electrons. The van der Waals surface area contributed by atoms with Crippen LogP contribution in [-0.2, 0) is 4.79 Å². The Morgan fingerprint density at radius 2 is 1.77 bits per heavy atom. The Hall–Kier alpha value is -1.26. The summed E-state index contributed by atoms with van der Waals surface area (Å²) >= 11 is 0. The van der Waals surface area contributed by atoms with Crippen LogP contribution in [0.5, 0.6) is 0 Å². The van der Waals surface area contributed by atoms with Crippen LogP contribution in [0.4, 0.5) is 4.79 Å². The molecule has 5 nitrogen and oxygen atoms in total. The molecule has 22 heavy (non-hydrogen) atoms. The number of carboxylic acids is 1. The van der Waals surface area contributed by atoms with Crippen molar-refractivity contribution < 1.29 is 14.7 Å². The summed E-state index contributed by atoms with van der Waals surface area (Å²) in [5.74, 6) is 1.78. The maximum Gasteiger partial charge on any atom is 0.315 e. The zero-order valence-electron chi connectivity index (χ0n) is 13.2. The quantitative estimate of drug-likeness (QED) is 0.730. The molecule has 5 heteroatoms. The van der Waals surface area contributed by atoms with E-state index < -0.39 is 5.97 Å². The van der Waals surface area contributed by atoms with E-state index in [-0.39, 0.29) is 18.0 Å². The molecule has 3 atom stereocenters. The van der Waals surface area contributed by atoms with E-state index in [4.69, 9.17) is 5.11 Å². The van der Waals surface area contributed by atoms with Crippen molar-refractivity contribution in [3.8, 4) is 0 Å². The molecule has 0 aliphatic heterocycles. The Kier molecular flexibility index (Phi) is 4.89.